The number of hydrogen-bond donors (Lipinski definition) is 0. The van der Waals surface area contributed by atoms with Crippen molar-refractivity contribution in [2.45, 2.75) is 43.5 Å². The van der Waals surface area contributed by atoms with Crippen molar-refractivity contribution in [3.8, 4) is 0 Å². The van der Waals surface area contributed by atoms with Crippen molar-refractivity contribution in [1.82, 2.24) is 4.31 Å². The molecule has 0 amide bonds. The van der Waals surface area contributed by atoms with Crippen molar-refractivity contribution >= 4 is 21.0 Å². The van der Waals surface area contributed by atoms with E-state index in [0.29, 0.717) is 11.6 Å². The van der Waals surface area contributed by atoms with Crippen LogP contribution in [0, 0.1) is 0 Å². The van der Waals surface area contributed by atoms with Gasteiger partial charge in [0, 0.05) is 24.5 Å². The smallest absolute Gasteiger partial charge is 0.417 e. The molecule has 1 aliphatic rings. The first-order chi connectivity index (χ1) is 15.4. The van der Waals surface area contributed by atoms with Crippen LogP contribution in [-0.2, 0) is 27.4 Å². The Morgan fingerprint density at radius 3 is 2.18 bits per heavy atom. The van der Waals surface area contributed by atoms with Crippen molar-refractivity contribution < 1.29 is 30.7 Å². The van der Waals surface area contributed by atoms with E-state index in [0.717, 1.165) is 5.56 Å². The zero-order valence-electron chi connectivity index (χ0n) is 17.9. The van der Waals surface area contributed by atoms with Gasteiger partial charge in [0.2, 0.25) is 10.0 Å². The standard InChI is InChI=1S/C23H22F3NO5S/c1-14-12-27(13-15(2)31-14)33(29,30)18-6-3-16(4-7-18)9-17-5-8-21-19(10-17)20(23(24,25)26)11-22(28)32-21/h3-8,10-11,14-15H,9,12-13H2,1-2H3. The lowest BCUT2D eigenvalue weighted by atomic mass is 10.0. The van der Waals surface area contributed by atoms with Crippen molar-refractivity contribution in [2.24, 2.45) is 0 Å². The molecule has 1 aromatic heterocycles. The Morgan fingerprint density at radius 2 is 1.58 bits per heavy atom. The van der Waals surface area contributed by atoms with Gasteiger partial charge < -0.3 is 9.15 Å². The molecule has 1 aliphatic heterocycles. The first-order valence-electron chi connectivity index (χ1n) is 10.3. The summed E-state index contributed by atoms with van der Waals surface area (Å²) in [7, 11) is -3.69. The van der Waals surface area contributed by atoms with Crippen LogP contribution in [0.1, 0.15) is 30.5 Å². The van der Waals surface area contributed by atoms with Crippen molar-refractivity contribution in [3.05, 3.63) is 75.6 Å². The molecule has 0 spiro atoms. The van der Waals surface area contributed by atoms with Gasteiger partial charge in [-0.1, -0.05) is 18.2 Å². The summed E-state index contributed by atoms with van der Waals surface area (Å²) in [6.45, 7) is 4.17. The Hall–Kier alpha value is -2.69. The van der Waals surface area contributed by atoms with Crippen LogP contribution in [0.3, 0.4) is 0 Å². The molecule has 2 unspecified atom stereocenters. The van der Waals surface area contributed by atoms with E-state index in [4.69, 9.17) is 9.15 Å². The number of alkyl halides is 3. The summed E-state index contributed by atoms with van der Waals surface area (Å²) in [6.07, 6.45) is -4.83. The Morgan fingerprint density at radius 1 is 0.970 bits per heavy atom. The fraction of sp³-hybridized carbons (Fsp3) is 0.348. The maximum atomic E-state index is 13.4. The lowest BCUT2D eigenvalue weighted by Crippen LogP contribution is -2.48. The Balaban J connectivity index is 1.59. The molecular weight excluding hydrogens is 459 g/mol. The SMILES string of the molecule is CC1CN(S(=O)(=O)c2ccc(Cc3ccc4oc(=O)cc(C(F)(F)F)c4c3)cc2)CC(C)O1. The topological polar surface area (TPSA) is 76.8 Å². The second kappa shape index (κ2) is 8.58. The van der Waals surface area contributed by atoms with E-state index in [-0.39, 0.29) is 47.6 Å². The van der Waals surface area contributed by atoms with E-state index in [9.17, 15) is 26.4 Å². The molecular formula is C23H22F3NO5S. The van der Waals surface area contributed by atoms with Crippen LogP contribution < -0.4 is 5.63 Å². The average molecular weight is 481 g/mol. The molecule has 2 aromatic carbocycles. The minimum Gasteiger partial charge on any atom is -0.423 e. The highest BCUT2D eigenvalue weighted by molar-refractivity contribution is 7.89. The van der Waals surface area contributed by atoms with Gasteiger partial charge in [0.25, 0.3) is 0 Å². The number of halogens is 3. The third-order valence-electron chi connectivity index (χ3n) is 5.47. The minimum absolute atomic E-state index is 0.144. The van der Waals surface area contributed by atoms with Gasteiger partial charge in [-0.05, 0) is 55.7 Å². The van der Waals surface area contributed by atoms with Crippen LogP contribution in [0.4, 0.5) is 13.2 Å². The summed E-state index contributed by atoms with van der Waals surface area (Å²) in [6, 6.07) is 11.0. The number of sulfonamides is 1. The zero-order chi connectivity index (χ0) is 24.0. The Kier molecular flexibility index (Phi) is 6.10. The molecule has 33 heavy (non-hydrogen) atoms. The van der Waals surface area contributed by atoms with Crippen LogP contribution in [0.2, 0.25) is 0 Å². The third kappa shape index (κ3) is 4.97. The van der Waals surface area contributed by atoms with E-state index in [1.54, 1.807) is 18.2 Å². The number of fused-ring (bicyclic) bond motifs is 1. The quantitative estimate of drug-likeness (QED) is 0.522. The highest BCUT2D eigenvalue weighted by Gasteiger charge is 2.34. The number of hydrogen-bond acceptors (Lipinski definition) is 5. The van der Waals surface area contributed by atoms with Gasteiger partial charge in [-0.3, -0.25) is 0 Å². The van der Waals surface area contributed by atoms with Crippen LogP contribution in [-0.4, -0.2) is 38.0 Å². The van der Waals surface area contributed by atoms with Crippen molar-refractivity contribution in [1.29, 1.82) is 0 Å². The number of benzene rings is 2. The maximum absolute atomic E-state index is 13.4. The molecule has 6 nitrogen and oxygen atoms in total. The lowest BCUT2D eigenvalue weighted by Gasteiger charge is -2.34. The number of nitrogens with zero attached hydrogens (tertiary/aromatic N) is 1. The number of morpholine rings is 1. The van der Waals surface area contributed by atoms with E-state index in [1.807, 2.05) is 13.8 Å². The highest BCUT2D eigenvalue weighted by atomic mass is 32.2. The molecule has 1 fully saturated rings. The lowest BCUT2D eigenvalue weighted by molar-refractivity contribution is -0.136. The first kappa shape index (κ1) is 23.5. The van der Waals surface area contributed by atoms with Crippen LogP contribution >= 0.6 is 0 Å². The molecule has 2 heterocycles. The minimum atomic E-state index is -4.70. The molecule has 176 valence electrons. The normalized spacial score (nSPS) is 20.3. The molecule has 0 N–H and O–H groups in total. The van der Waals surface area contributed by atoms with Crippen molar-refractivity contribution in [3.63, 3.8) is 0 Å². The molecule has 1 saturated heterocycles. The summed E-state index contributed by atoms with van der Waals surface area (Å²) in [5.41, 5.74) is -0.973. The predicted octanol–water partition coefficient (Wildman–Crippen LogP) is 4.20. The van der Waals surface area contributed by atoms with E-state index in [1.165, 1.54) is 28.6 Å². The van der Waals surface area contributed by atoms with Crippen LogP contribution in [0.5, 0.6) is 0 Å². The fourth-order valence-electron chi connectivity index (χ4n) is 4.05. The van der Waals surface area contributed by atoms with Gasteiger partial charge in [-0.2, -0.15) is 17.5 Å². The summed E-state index contributed by atoms with van der Waals surface area (Å²) in [5, 5.41) is -0.200. The van der Waals surface area contributed by atoms with Gasteiger partial charge in [0.05, 0.1) is 22.7 Å². The zero-order valence-corrected chi connectivity index (χ0v) is 18.7. The van der Waals surface area contributed by atoms with Gasteiger partial charge in [0.15, 0.2) is 0 Å². The molecule has 0 aliphatic carbocycles. The van der Waals surface area contributed by atoms with Crippen LogP contribution in [0.15, 0.2) is 62.6 Å². The van der Waals surface area contributed by atoms with Gasteiger partial charge in [0.1, 0.15) is 5.58 Å². The molecule has 2 atom stereocenters. The second-order valence-electron chi connectivity index (χ2n) is 8.21. The summed E-state index contributed by atoms with van der Waals surface area (Å²) in [4.78, 5) is 11.6. The molecule has 4 rings (SSSR count). The Labute approximate surface area is 188 Å². The highest BCUT2D eigenvalue weighted by Crippen LogP contribution is 2.34. The van der Waals surface area contributed by atoms with Crippen molar-refractivity contribution in [2.75, 3.05) is 13.1 Å². The van der Waals surface area contributed by atoms with Gasteiger partial charge in [-0.15, -0.1) is 0 Å². The third-order valence-corrected chi connectivity index (χ3v) is 7.31. The average Bonchev–Trinajstić information content (AvgIpc) is 2.72. The monoisotopic (exact) mass is 481 g/mol. The van der Waals surface area contributed by atoms with Crippen LogP contribution in [0.25, 0.3) is 11.0 Å². The maximum Gasteiger partial charge on any atom is 0.417 e. The van der Waals surface area contributed by atoms with Gasteiger partial charge >= 0.3 is 11.8 Å². The molecule has 3 aromatic rings. The van der Waals surface area contributed by atoms with Gasteiger partial charge in [-0.25, -0.2) is 13.2 Å². The number of ether oxygens (including phenoxy) is 1. The molecule has 0 bridgehead atoms. The summed E-state index contributed by atoms with van der Waals surface area (Å²) < 4.78 is 77.9. The predicted molar refractivity (Wildman–Crippen MR) is 116 cm³/mol. The molecule has 10 heteroatoms. The largest absolute Gasteiger partial charge is 0.423 e. The summed E-state index contributed by atoms with van der Waals surface area (Å²) in [5.74, 6) is 0. The fourth-order valence-corrected chi connectivity index (χ4v) is 5.64. The van der Waals surface area contributed by atoms with E-state index < -0.39 is 27.4 Å². The summed E-state index contributed by atoms with van der Waals surface area (Å²) >= 11 is 0. The molecule has 0 saturated carbocycles. The first-order valence-corrected chi connectivity index (χ1v) is 11.8. The Bertz CT molecular complexity index is 1320. The van der Waals surface area contributed by atoms with E-state index in [2.05, 4.69) is 0 Å². The van der Waals surface area contributed by atoms with E-state index >= 15 is 0 Å². The molecule has 0 radical (unpaired) electrons. The second-order valence-corrected chi connectivity index (χ2v) is 10.1. The number of rotatable bonds is 4.